The lowest BCUT2D eigenvalue weighted by molar-refractivity contribution is -0.116. The number of rotatable bonds is 5. The highest BCUT2D eigenvalue weighted by atomic mass is 35.5. The first-order chi connectivity index (χ1) is 14.8. The van der Waals surface area contributed by atoms with E-state index in [2.05, 4.69) is 5.32 Å². The minimum atomic E-state index is -0.867. The predicted octanol–water partition coefficient (Wildman–Crippen LogP) is 5.05. The molecule has 0 bridgehead atoms. The fourth-order valence-corrected chi connectivity index (χ4v) is 3.92. The number of nitrogens with one attached hydrogen (secondary N) is 1. The number of carbonyl (C=O) groups excluding carboxylic acids is 2. The fraction of sp³-hybridized carbons (Fsp3) is 0.227. The van der Waals surface area contributed by atoms with Crippen LogP contribution >= 0.6 is 35.4 Å². The van der Waals surface area contributed by atoms with Gasteiger partial charge in [-0.1, -0.05) is 41.4 Å². The number of hydrogen-bond acceptors (Lipinski definition) is 4. The van der Waals surface area contributed by atoms with Gasteiger partial charge in [-0.15, -0.1) is 0 Å². The summed E-state index contributed by atoms with van der Waals surface area (Å²) in [4.78, 5) is 28.2. The Balaban J connectivity index is 1.95. The molecule has 0 radical (unpaired) electrons. The summed E-state index contributed by atoms with van der Waals surface area (Å²) in [5.74, 6) is -0.0881. The van der Waals surface area contributed by atoms with E-state index in [0.29, 0.717) is 35.1 Å². The summed E-state index contributed by atoms with van der Waals surface area (Å²) in [6.45, 7) is 4.80. The highest BCUT2D eigenvalue weighted by molar-refractivity contribution is 7.80. The number of para-hydroxylation sites is 1. The van der Waals surface area contributed by atoms with Gasteiger partial charge < -0.3 is 9.64 Å². The number of ether oxygens (including phenoxy) is 1. The molecule has 6 nitrogen and oxygen atoms in total. The summed E-state index contributed by atoms with van der Waals surface area (Å²) >= 11 is 18.0. The number of halogens is 2. The minimum absolute atomic E-state index is 0.186. The van der Waals surface area contributed by atoms with Crippen molar-refractivity contribution >= 4 is 64.3 Å². The first-order valence-electron chi connectivity index (χ1n) is 9.67. The van der Waals surface area contributed by atoms with Gasteiger partial charge in [0.15, 0.2) is 5.11 Å². The number of hydrogen-bond donors (Lipinski definition) is 1. The summed E-state index contributed by atoms with van der Waals surface area (Å²) in [5, 5.41) is 3.41. The Morgan fingerprint density at radius 3 is 2.48 bits per heavy atom. The Hall–Kier alpha value is -2.61. The zero-order valence-electron chi connectivity index (χ0n) is 17.0. The van der Waals surface area contributed by atoms with Gasteiger partial charge >= 0.3 is 6.09 Å². The fourth-order valence-electron chi connectivity index (χ4n) is 3.06. The first kappa shape index (κ1) is 23.1. The van der Waals surface area contributed by atoms with Gasteiger partial charge in [-0.05, 0) is 62.5 Å². The molecule has 1 aliphatic rings. The maximum absolute atomic E-state index is 12.7. The maximum atomic E-state index is 12.7. The van der Waals surface area contributed by atoms with Crippen molar-refractivity contribution in [2.75, 3.05) is 18.0 Å². The summed E-state index contributed by atoms with van der Waals surface area (Å²) in [5.41, 5.74) is 0.620. The van der Waals surface area contributed by atoms with Crippen molar-refractivity contribution in [1.82, 2.24) is 10.2 Å². The van der Waals surface area contributed by atoms with Crippen LogP contribution in [0.4, 0.5) is 10.5 Å². The molecule has 162 valence electrons. The van der Waals surface area contributed by atoms with Crippen molar-refractivity contribution in [1.29, 1.82) is 0 Å². The van der Waals surface area contributed by atoms with E-state index in [9.17, 15) is 9.59 Å². The number of amides is 2. The van der Waals surface area contributed by atoms with Crippen LogP contribution in [0.15, 0.2) is 54.1 Å². The van der Waals surface area contributed by atoms with Crippen LogP contribution in [0.5, 0.6) is 5.75 Å². The number of anilines is 1. The molecular weight excluding hydrogens is 457 g/mol. The average molecular weight is 478 g/mol. The molecule has 9 heteroatoms. The SMILES string of the molecule is CCN(CC)C(=O)Oc1ccccc1/C=C1/C(=O)NC(=S)N(c2ccc(Cl)cc2)C1Cl. The Morgan fingerprint density at radius 1 is 1.19 bits per heavy atom. The van der Waals surface area contributed by atoms with Crippen molar-refractivity contribution in [2.24, 2.45) is 0 Å². The van der Waals surface area contributed by atoms with Crippen molar-refractivity contribution in [3.05, 3.63) is 64.7 Å². The van der Waals surface area contributed by atoms with E-state index in [1.54, 1.807) is 64.4 Å². The van der Waals surface area contributed by atoms with Gasteiger partial charge in [0.1, 0.15) is 11.3 Å². The predicted molar refractivity (Wildman–Crippen MR) is 128 cm³/mol. The second-order valence-electron chi connectivity index (χ2n) is 6.62. The van der Waals surface area contributed by atoms with E-state index in [-0.39, 0.29) is 10.7 Å². The standard InChI is InChI=1S/C22H21Cl2N3O3S/c1-3-26(4-2)22(29)30-18-8-6-5-7-14(18)13-17-19(24)27(21(31)25-20(17)28)16-11-9-15(23)10-12-16/h5-13,19H,3-4H2,1-2H3,(H,25,28,31)/b17-13+. The van der Waals surface area contributed by atoms with E-state index in [1.807, 2.05) is 13.8 Å². The van der Waals surface area contributed by atoms with E-state index in [0.717, 1.165) is 0 Å². The lowest BCUT2D eigenvalue weighted by Crippen LogP contribution is -2.54. The zero-order chi connectivity index (χ0) is 22.5. The van der Waals surface area contributed by atoms with Crippen LogP contribution in [-0.2, 0) is 4.79 Å². The maximum Gasteiger partial charge on any atom is 0.415 e. The van der Waals surface area contributed by atoms with Crippen LogP contribution in [0, 0.1) is 0 Å². The van der Waals surface area contributed by atoms with Gasteiger partial charge in [0, 0.05) is 29.4 Å². The van der Waals surface area contributed by atoms with Crippen LogP contribution in [0.2, 0.25) is 5.02 Å². The molecule has 2 aromatic carbocycles. The second-order valence-corrected chi connectivity index (χ2v) is 7.86. The topological polar surface area (TPSA) is 61.9 Å². The van der Waals surface area contributed by atoms with E-state index in [1.165, 1.54) is 0 Å². The number of benzene rings is 2. The minimum Gasteiger partial charge on any atom is -0.410 e. The molecular formula is C22H21Cl2N3O3S. The molecule has 1 heterocycles. The van der Waals surface area contributed by atoms with Crippen molar-refractivity contribution in [3.63, 3.8) is 0 Å². The molecule has 0 saturated carbocycles. The molecule has 0 aromatic heterocycles. The highest BCUT2D eigenvalue weighted by Gasteiger charge is 2.34. The van der Waals surface area contributed by atoms with Gasteiger partial charge in [-0.3, -0.25) is 15.0 Å². The first-order valence-corrected chi connectivity index (χ1v) is 10.9. The monoisotopic (exact) mass is 477 g/mol. The molecule has 0 aliphatic carbocycles. The van der Waals surface area contributed by atoms with Gasteiger partial charge in [-0.2, -0.15) is 0 Å². The molecule has 3 rings (SSSR count). The lowest BCUT2D eigenvalue weighted by atomic mass is 10.1. The van der Waals surface area contributed by atoms with Crippen LogP contribution in [-0.4, -0.2) is 40.6 Å². The van der Waals surface area contributed by atoms with Crippen LogP contribution < -0.4 is 15.0 Å². The molecule has 1 atom stereocenters. The molecule has 2 aromatic rings. The molecule has 1 unspecified atom stereocenters. The Bertz CT molecular complexity index is 1020. The quantitative estimate of drug-likeness (QED) is 0.282. The van der Waals surface area contributed by atoms with Crippen molar-refractivity contribution < 1.29 is 14.3 Å². The third-order valence-corrected chi connectivity index (χ3v) is 5.72. The average Bonchev–Trinajstić information content (AvgIpc) is 2.74. The third-order valence-electron chi connectivity index (χ3n) is 4.74. The number of nitrogens with zero attached hydrogens (tertiary/aromatic N) is 2. The smallest absolute Gasteiger partial charge is 0.410 e. The largest absolute Gasteiger partial charge is 0.415 e. The Labute approximate surface area is 196 Å². The van der Waals surface area contributed by atoms with Crippen LogP contribution in [0.25, 0.3) is 6.08 Å². The Kier molecular flexibility index (Phi) is 7.54. The van der Waals surface area contributed by atoms with E-state index in [4.69, 9.17) is 40.2 Å². The number of thiocarbonyl (C=S) groups is 1. The third kappa shape index (κ3) is 5.18. The molecule has 1 N–H and O–H groups in total. The van der Waals surface area contributed by atoms with Gasteiger partial charge in [0.05, 0.1) is 5.57 Å². The molecule has 2 amide bonds. The Morgan fingerprint density at radius 2 is 1.84 bits per heavy atom. The number of carbonyl (C=O) groups is 2. The van der Waals surface area contributed by atoms with Gasteiger partial charge in [0.25, 0.3) is 5.91 Å². The van der Waals surface area contributed by atoms with Gasteiger partial charge in [-0.25, -0.2) is 4.79 Å². The highest BCUT2D eigenvalue weighted by Crippen LogP contribution is 2.31. The molecule has 1 aliphatic heterocycles. The van der Waals surface area contributed by atoms with Crippen molar-refractivity contribution in [2.45, 2.75) is 19.3 Å². The van der Waals surface area contributed by atoms with E-state index >= 15 is 0 Å². The molecule has 0 spiro atoms. The van der Waals surface area contributed by atoms with Crippen molar-refractivity contribution in [3.8, 4) is 5.75 Å². The van der Waals surface area contributed by atoms with Crippen LogP contribution in [0.3, 0.4) is 0 Å². The summed E-state index contributed by atoms with van der Waals surface area (Å²) in [6, 6.07) is 13.9. The normalized spacial score (nSPS) is 17.5. The van der Waals surface area contributed by atoms with Crippen LogP contribution in [0.1, 0.15) is 19.4 Å². The van der Waals surface area contributed by atoms with E-state index < -0.39 is 17.5 Å². The molecule has 31 heavy (non-hydrogen) atoms. The summed E-state index contributed by atoms with van der Waals surface area (Å²) < 4.78 is 5.56. The van der Waals surface area contributed by atoms with Gasteiger partial charge in [0.2, 0.25) is 0 Å². The lowest BCUT2D eigenvalue weighted by Gasteiger charge is -2.35. The zero-order valence-corrected chi connectivity index (χ0v) is 19.3. The molecule has 1 saturated heterocycles. The molecule has 1 fully saturated rings. The second kappa shape index (κ2) is 10.1. The number of alkyl halides is 1. The summed E-state index contributed by atoms with van der Waals surface area (Å²) in [6.07, 6.45) is 1.14. The summed E-state index contributed by atoms with van der Waals surface area (Å²) in [7, 11) is 0.